The number of carbonyl (C=O) groups excluding carboxylic acids is 1. The van der Waals surface area contributed by atoms with Crippen molar-refractivity contribution in [3.8, 4) is 0 Å². The molecular weight excluding hydrogens is 278 g/mol. The van der Waals surface area contributed by atoms with Gasteiger partial charge in [-0.05, 0) is 21.0 Å². The zero-order valence-corrected chi connectivity index (χ0v) is 12.5. The highest BCUT2D eigenvalue weighted by molar-refractivity contribution is 5.92. The molecule has 0 aliphatic carbocycles. The van der Waals surface area contributed by atoms with Gasteiger partial charge in [0.25, 0.3) is 12.4 Å². The molecule has 1 aliphatic rings. The number of carboxylic acid groups (broad SMARTS) is 1. The summed E-state index contributed by atoms with van der Waals surface area (Å²) in [5.41, 5.74) is 0.373. The predicted octanol–water partition coefficient (Wildman–Crippen LogP) is 0.0864. The SMILES string of the molecule is Cc1cc(C(=O)N2CCOCC2CN(C)C)no1.O=CO. The van der Waals surface area contributed by atoms with Crippen molar-refractivity contribution in [3.63, 3.8) is 0 Å². The summed E-state index contributed by atoms with van der Waals surface area (Å²) in [7, 11) is 3.97. The first-order chi connectivity index (χ1) is 9.99. The fourth-order valence-corrected chi connectivity index (χ4v) is 2.11. The summed E-state index contributed by atoms with van der Waals surface area (Å²) in [5.74, 6) is 0.567. The average molecular weight is 299 g/mol. The number of nitrogens with zero attached hydrogens (tertiary/aromatic N) is 3. The highest BCUT2D eigenvalue weighted by Gasteiger charge is 2.29. The number of rotatable bonds is 3. The number of amides is 1. The van der Waals surface area contributed by atoms with Crippen LogP contribution in [0.4, 0.5) is 0 Å². The van der Waals surface area contributed by atoms with Gasteiger partial charge in [-0.15, -0.1) is 0 Å². The minimum absolute atomic E-state index is 0.0678. The smallest absolute Gasteiger partial charge is 0.290 e. The molecule has 1 aromatic rings. The van der Waals surface area contributed by atoms with Gasteiger partial charge in [-0.1, -0.05) is 5.16 Å². The molecule has 1 fully saturated rings. The summed E-state index contributed by atoms with van der Waals surface area (Å²) in [5, 5.41) is 10.7. The first-order valence-corrected chi connectivity index (χ1v) is 6.54. The Morgan fingerprint density at radius 2 is 2.29 bits per heavy atom. The number of hydrogen-bond acceptors (Lipinski definition) is 6. The second kappa shape index (κ2) is 8.38. The van der Waals surface area contributed by atoms with Gasteiger partial charge in [-0.3, -0.25) is 9.59 Å². The fourth-order valence-electron chi connectivity index (χ4n) is 2.11. The highest BCUT2D eigenvalue weighted by atomic mass is 16.5. The number of aryl methyl sites for hydroxylation is 1. The molecule has 0 saturated carbocycles. The molecule has 21 heavy (non-hydrogen) atoms. The summed E-state index contributed by atoms with van der Waals surface area (Å²) in [6.45, 7) is 4.06. The van der Waals surface area contributed by atoms with Gasteiger partial charge in [0.1, 0.15) is 5.76 Å². The van der Waals surface area contributed by atoms with Crippen LogP contribution in [-0.2, 0) is 9.53 Å². The molecule has 1 saturated heterocycles. The van der Waals surface area contributed by atoms with Gasteiger partial charge in [0.05, 0.1) is 19.3 Å². The monoisotopic (exact) mass is 299 g/mol. The van der Waals surface area contributed by atoms with Crippen LogP contribution in [0, 0.1) is 6.92 Å². The average Bonchev–Trinajstić information content (AvgIpc) is 2.85. The standard InChI is InChI=1S/C12H19N3O3.CH2O2/c1-9-6-11(13-18-9)12(16)15-4-5-17-8-10(15)7-14(2)3;2-1-3/h6,10H,4-5,7-8H2,1-3H3;1H,(H,2,3). The molecule has 1 atom stereocenters. The van der Waals surface area contributed by atoms with E-state index in [1.807, 2.05) is 23.9 Å². The Kier molecular flexibility index (Phi) is 6.83. The first kappa shape index (κ1) is 17.1. The summed E-state index contributed by atoms with van der Waals surface area (Å²) in [6.07, 6.45) is 0. The number of ether oxygens (including phenoxy) is 1. The Hall–Kier alpha value is -1.93. The fraction of sp³-hybridized carbons (Fsp3) is 0.615. The Bertz CT molecular complexity index is 460. The van der Waals surface area contributed by atoms with E-state index in [0.717, 1.165) is 6.54 Å². The van der Waals surface area contributed by atoms with E-state index in [1.54, 1.807) is 13.0 Å². The molecule has 0 radical (unpaired) electrons. The zero-order chi connectivity index (χ0) is 15.8. The van der Waals surface area contributed by atoms with Crippen molar-refractivity contribution in [1.82, 2.24) is 15.0 Å². The number of morpholine rings is 1. The van der Waals surface area contributed by atoms with Crippen LogP contribution in [0.1, 0.15) is 16.2 Å². The summed E-state index contributed by atoms with van der Waals surface area (Å²) >= 11 is 0. The molecule has 1 aromatic heterocycles. The zero-order valence-electron chi connectivity index (χ0n) is 12.5. The van der Waals surface area contributed by atoms with E-state index in [9.17, 15) is 4.79 Å². The normalized spacial score (nSPS) is 18.1. The van der Waals surface area contributed by atoms with Gasteiger partial charge in [0.2, 0.25) is 0 Å². The number of likely N-dealkylation sites (N-methyl/N-ethyl adjacent to an activating group) is 1. The van der Waals surface area contributed by atoms with Crippen LogP contribution < -0.4 is 0 Å². The third-order valence-corrected chi connectivity index (χ3v) is 2.91. The van der Waals surface area contributed by atoms with Crippen LogP contribution in [0.15, 0.2) is 10.6 Å². The summed E-state index contributed by atoms with van der Waals surface area (Å²) in [4.78, 5) is 24.6. The lowest BCUT2D eigenvalue weighted by molar-refractivity contribution is -0.122. The number of carbonyl (C=O) groups is 2. The third kappa shape index (κ3) is 5.16. The van der Waals surface area contributed by atoms with Gasteiger partial charge in [0, 0.05) is 19.2 Å². The molecule has 0 spiro atoms. The van der Waals surface area contributed by atoms with Crippen molar-refractivity contribution in [3.05, 3.63) is 17.5 Å². The lowest BCUT2D eigenvalue weighted by Crippen LogP contribution is -2.52. The summed E-state index contributed by atoms with van der Waals surface area (Å²) < 4.78 is 10.4. The summed E-state index contributed by atoms with van der Waals surface area (Å²) in [6, 6.07) is 1.74. The molecule has 0 bridgehead atoms. The van der Waals surface area contributed by atoms with Crippen molar-refractivity contribution in [1.29, 1.82) is 0 Å². The first-order valence-electron chi connectivity index (χ1n) is 6.54. The van der Waals surface area contributed by atoms with Crippen LogP contribution >= 0.6 is 0 Å². The molecule has 1 aliphatic heterocycles. The van der Waals surface area contributed by atoms with Gasteiger partial charge < -0.3 is 24.2 Å². The van der Waals surface area contributed by atoms with Gasteiger partial charge >= 0.3 is 0 Å². The second-order valence-electron chi connectivity index (χ2n) is 4.92. The lowest BCUT2D eigenvalue weighted by atomic mass is 10.2. The Labute approximate surface area is 123 Å². The molecule has 8 nitrogen and oxygen atoms in total. The molecular formula is C13H21N3O5. The quantitative estimate of drug-likeness (QED) is 0.790. The predicted molar refractivity (Wildman–Crippen MR) is 74.1 cm³/mol. The third-order valence-electron chi connectivity index (χ3n) is 2.91. The number of aromatic nitrogens is 1. The highest BCUT2D eigenvalue weighted by Crippen LogP contribution is 2.13. The van der Waals surface area contributed by atoms with Crippen LogP contribution in [0.25, 0.3) is 0 Å². The van der Waals surface area contributed by atoms with Crippen molar-refractivity contribution < 1.29 is 24.0 Å². The molecule has 2 heterocycles. The molecule has 1 N–H and O–H groups in total. The molecule has 0 aromatic carbocycles. The van der Waals surface area contributed by atoms with Crippen molar-refractivity contribution in [2.24, 2.45) is 0 Å². The van der Waals surface area contributed by atoms with E-state index < -0.39 is 0 Å². The van der Waals surface area contributed by atoms with E-state index in [4.69, 9.17) is 19.2 Å². The van der Waals surface area contributed by atoms with Crippen molar-refractivity contribution in [2.75, 3.05) is 40.4 Å². The van der Waals surface area contributed by atoms with Gasteiger partial charge in [0.15, 0.2) is 5.69 Å². The number of hydrogen-bond donors (Lipinski definition) is 1. The maximum Gasteiger partial charge on any atom is 0.290 e. The van der Waals surface area contributed by atoms with E-state index in [2.05, 4.69) is 5.16 Å². The lowest BCUT2D eigenvalue weighted by Gasteiger charge is -2.36. The molecule has 2 rings (SSSR count). The molecule has 1 amide bonds. The van der Waals surface area contributed by atoms with Gasteiger partial charge in [-0.25, -0.2) is 0 Å². The van der Waals surface area contributed by atoms with Crippen LogP contribution in [0.3, 0.4) is 0 Å². The largest absolute Gasteiger partial charge is 0.483 e. The van der Waals surface area contributed by atoms with Crippen molar-refractivity contribution in [2.45, 2.75) is 13.0 Å². The van der Waals surface area contributed by atoms with Crippen LogP contribution in [-0.4, -0.2) is 78.9 Å². The van der Waals surface area contributed by atoms with E-state index in [0.29, 0.717) is 31.2 Å². The maximum atomic E-state index is 12.3. The van der Waals surface area contributed by atoms with Crippen LogP contribution in [0.2, 0.25) is 0 Å². The second-order valence-corrected chi connectivity index (χ2v) is 4.92. The Morgan fingerprint density at radius 1 is 1.62 bits per heavy atom. The Balaban J connectivity index is 0.000000677. The molecule has 8 heteroatoms. The molecule has 1 unspecified atom stereocenters. The van der Waals surface area contributed by atoms with Crippen molar-refractivity contribution >= 4 is 12.4 Å². The topological polar surface area (TPSA) is 96.1 Å². The van der Waals surface area contributed by atoms with E-state index in [-0.39, 0.29) is 18.4 Å². The van der Waals surface area contributed by atoms with Crippen LogP contribution in [0.5, 0.6) is 0 Å². The Morgan fingerprint density at radius 3 is 2.81 bits per heavy atom. The van der Waals surface area contributed by atoms with Gasteiger partial charge in [-0.2, -0.15) is 0 Å². The minimum atomic E-state index is -0.250. The molecule has 118 valence electrons. The maximum absolute atomic E-state index is 12.3. The minimum Gasteiger partial charge on any atom is -0.483 e. The van der Waals surface area contributed by atoms with E-state index >= 15 is 0 Å². The van der Waals surface area contributed by atoms with E-state index in [1.165, 1.54) is 0 Å².